The second kappa shape index (κ2) is 12.4. The number of benzene rings is 3. The molecule has 4 aromatic rings. The second-order valence-corrected chi connectivity index (χ2v) is 16.7. The molecule has 3 N–H and O–H groups in total. The van der Waals surface area contributed by atoms with Crippen molar-refractivity contribution in [1.29, 1.82) is 5.26 Å². The molecule has 0 saturated carbocycles. The number of phenolic OH excluding ortho intramolecular Hbond substituents is 1. The van der Waals surface area contributed by atoms with E-state index in [1.807, 2.05) is 45.2 Å². The number of aromatic hydroxyl groups is 1. The highest BCUT2D eigenvalue weighted by atomic mass is 32.2. The minimum absolute atomic E-state index is 0.0425. The van der Waals surface area contributed by atoms with Crippen LogP contribution in [-0.4, -0.2) is 91.2 Å². The molecule has 56 heavy (non-hydrogen) atoms. The van der Waals surface area contributed by atoms with Gasteiger partial charge >= 0.3 is 11.9 Å². The summed E-state index contributed by atoms with van der Waals surface area (Å²) >= 11 is 1.37. The zero-order chi connectivity index (χ0) is 38.9. The first-order valence-electron chi connectivity index (χ1n) is 18.7. The zero-order valence-corrected chi connectivity index (χ0v) is 32.6. The predicted molar refractivity (Wildman–Crippen MR) is 203 cm³/mol. The number of phenols is 1. The first-order chi connectivity index (χ1) is 27.0. The lowest BCUT2D eigenvalue weighted by Gasteiger charge is -2.61. The number of thioether (sulfide) groups is 1. The number of carbonyl (C=O) groups is 2. The molecule has 4 bridgehead atoms. The van der Waals surface area contributed by atoms with Crippen LogP contribution in [0.2, 0.25) is 0 Å². The van der Waals surface area contributed by atoms with Crippen LogP contribution in [0.25, 0.3) is 10.9 Å². The number of hydrogen-bond donors (Lipinski definition) is 3. The van der Waals surface area contributed by atoms with Crippen molar-refractivity contribution in [2.45, 2.75) is 73.9 Å². The number of nitrogens with one attached hydrogen (secondary N) is 2. The number of nitriles is 1. The number of methoxy groups -OCH3 is 2. The number of H-pyrrole nitrogens is 1. The normalized spacial score (nSPS) is 28.6. The van der Waals surface area contributed by atoms with E-state index in [1.165, 1.54) is 18.7 Å². The van der Waals surface area contributed by atoms with Crippen LogP contribution in [0, 0.1) is 25.2 Å². The van der Waals surface area contributed by atoms with Gasteiger partial charge in [-0.1, -0.05) is 6.07 Å². The number of aromatic nitrogens is 1. The summed E-state index contributed by atoms with van der Waals surface area (Å²) in [6, 6.07) is 7.74. The molecule has 14 nitrogen and oxygen atoms in total. The smallest absolute Gasteiger partial charge is 0.343 e. The number of cyclic esters (lactones) is 1. The minimum atomic E-state index is -1.48. The number of aromatic amines is 1. The number of rotatable bonds is 3. The third-order valence-electron chi connectivity index (χ3n) is 12.7. The van der Waals surface area contributed by atoms with E-state index in [0.717, 1.165) is 27.6 Å². The summed E-state index contributed by atoms with van der Waals surface area (Å²) < 4.78 is 36.4. The van der Waals surface area contributed by atoms with Crippen molar-refractivity contribution in [2.24, 2.45) is 0 Å². The van der Waals surface area contributed by atoms with Gasteiger partial charge in [-0.2, -0.15) is 5.26 Å². The number of nitrogens with zero attached hydrogens (tertiary/aromatic N) is 3. The van der Waals surface area contributed by atoms with Gasteiger partial charge in [0.15, 0.2) is 23.0 Å². The highest BCUT2D eigenvalue weighted by Crippen LogP contribution is 2.66. The molecule has 0 amide bonds. The SMILES string of the molecule is COc1ccc2[nH]c3c(c2c1)CCN[C@]31S[C@@H]2c3c(OC(C)=O)c(C)c4c(c3[C@H](COC1=O)N1[C@@H]2[C@H]2c3c(cc(C)c(OC)c3O)C[C@@H]([C@@H]1C#N)N2C)OCO4. The van der Waals surface area contributed by atoms with Gasteiger partial charge in [0.2, 0.25) is 11.7 Å². The fraction of sp³-hybridized carbons (Fsp3) is 0.439. The van der Waals surface area contributed by atoms with E-state index in [9.17, 15) is 15.2 Å². The fourth-order valence-corrected chi connectivity index (χ4v) is 12.3. The molecule has 15 heteroatoms. The quantitative estimate of drug-likeness (QED) is 0.193. The summed E-state index contributed by atoms with van der Waals surface area (Å²) in [6.45, 7) is 5.37. The lowest BCUT2D eigenvalue weighted by molar-refractivity contribution is -0.152. The van der Waals surface area contributed by atoms with Crippen LogP contribution in [0.3, 0.4) is 0 Å². The van der Waals surface area contributed by atoms with Crippen LogP contribution in [0.15, 0.2) is 24.3 Å². The Labute approximate surface area is 326 Å². The Morgan fingerprint density at radius 2 is 1.89 bits per heavy atom. The molecule has 6 aliphatic heterocycles. The van der Waals surface area contributed by atoms with Gasteiger partial charge in [-0.3, -0.25) is 19.9 Å². The lowest BCUT2D eigenvalue weighted by atomic mass is 9.71. The van der Waals surface area contributed by atoms with Gasteiger partial charge in [0, 0.05) is 58.7 Å². The van der Waals surface area contributed by atoms with Gasteiger partial charge in [-0.05, 0) is 68.6 Å². The molecule has 3 aromatic carbocycles. The number of hydrogen-bond acceptors (Lipinski definition) is 14. The van der Waals surface area contributed by atoms with E-state index in [2.05, 4.69) is 26.2 Å². The number of ether oxygens (including phenoxy) is 6. The molecule has 0 aliphatic carbocycles. The third kappa shape index (κ3) is 4.55. The number of likely N-dealkylation sites (N-methyl/N-ethyl adjacent to an activating group) is 1. The van der Waals surface area contributed by atoms with Crippen molar-refractivity contribution in [1.82, 2.24) is 20.1 Å². The Balaban J connectivity index is 1.30. The van der Waals surface area contributed by atoms with Crippen molar-refractivity contribution in [3.05, 3.63) is 68.9 Å². The van der Waals surface area contributed by atoms with Gasteiger partial charge < -0.3 is 38.5 Å². The third-order valence-corrected chi connectivity index (χ3v) is 14.4. The highest BCUT2D eigenvalue weighted by Gasteiger charge is 2.64. The fourth-order valence-electron chi connectivity index (χ4n) is 10.5. The van der Waals surface area contributed by atoms with Crippen molar-refractivity contribution >= 4 is 34.6 Å². The van der Waals surface area contributed by atoms with Crippen molar-refractivity contribution in [3.8, 4) is 40.6 Å². The van der Waals surface area contributed by atoms with E-state index in [-0.39, 0.29) is 25.2 Å². The summed E-state index contributed by atoms with van der Waals surface area (Å²) in [4.78, 5) is 34.6. The van der Waals surface area contributed by atoms with Gasteiger partial charge in [-0.15, -0.1) is 11.8 Å². The maximum absolute atomic E-state index is 15.1. The Kier molecular flexibility index (Phi) is 7.83. The zero-order valence-electron chi connectivity index (χ0n) is 31.8. The van der Waals surface area contributed by atoms with Crippen LogP contribution in [0.5, 0.6) is 34.5 Å². The molecular formula is C41H41N5O9S. The van der Waals surface area contributed by atoms with E-state index in [4.69, 9.17) is 28.4 Å². The molecule has 6 aliphatic rings. The van der Waals surface area contributed by atoms with Crippen LogP contribution in [0.1, 0.15) is 68.9 Å². The Bertz CT molecular complexity index is 2440. The first-order valence-corrected chi connectivity index (χ1v) is 19.6. The monoisotopic (exact) mass is 779 g/mol. The van der Waals surface area contributed by atoms with Gasteiger partial charge in [0.1, 0.15) is 24.1 Å². The van der Waals surface area contributed by atoms with Crippen LogP contribution in [-0.2, 0) is 32.0 Å². The first kappa shape index (κ1) is 35.3. The summed E-state index contributed by atoms with van der Waals surface area (Å²) in [5.74, 6) is 1.35. The van der Waals surface area contributed by atoms with Gasteiger partial charge in [0.25, 0.3) is 0 Å². The number of fused-ring (bicyclic) bond motifs is 13. The number of carbonyl (C=O) groups excluding carboxylic acids is 2. The van der Waals surface area contributed by atoms with Crippen LogP contribution >= 0.6 is 11.8 Å². The maximum Gasteiger partial charge on any atom is 0.343 e. The highest BCUT2D eigenvalue weighted by molar-refractivity contribution is 8.01. The van der Waals surface area contributed by atoms with Crippen molar-refractivity contribution in [3.63, 3.8) is 0 Å². The van der Waals surface area contributed by atoms with E-state index in [0.29, 0.717) is 76.1 Å². The van der Waals surface area contributed by atoms with Crippen molar-refractivity contribution in [2.75, 3.05) is 41.2 Å². The number of aryl methyl sites for hydroxylation is 1. The lowest BCUT2D eigenvalue weighted by Crippen LogP contribution is -2.69. The summed E-state index contributed by atoms with van der Waals surface area (Å²) in [7, 11) is 5.17. The Morgan fingerprint density at radius 1 is 1.09 bits per heavy atom. The predicted octanol–water partition coefficient (Wildman–Crippen LogP) is 4.72. The molecule has 0 radical (unpaired) electrons. The van der Waals surface area contributed by atoms with Crippen molar-refractivity contribution < 1.29 is 43.1 Å². The molecule has 1 saturated heterocycles. The Morgan fingerprint density at radius 3 is 2.64 bits per heavy atom. The van der Waals surface area contributed by atoms with Gasteiger partial charge in [-0.25, -0.2) is 4.79 Å². The maximum atomic E-state index is 15.1. The topological polar surface area (TPSA) is 168 Å². The van der Waals surface area contributed by atoms with E-state index < -0.39 is 46.2 Å². The molecule has 7 atom stereocenters. The van der Waals surface area contributed by atoms with E-state index in [1.54, 1.807) is 14.2 Å². The summed E-state index contributed by atoms with van der Waals surface area (Å²) in [6.07, 6.45) is 1.13. The number of piperazine rings is 1. The second-order valence-electron chi connectivity index (χ2n) is 15.4. The molecule has 1 spiro atoms. The molecule has 7 heterocycles. The molecule has 1 aromatic heterocycles. The molecule has 0 unspecified atom stereocenters. The molecular weight excluding hydrogens is 739 g/mol. The summed E-state index contributed by atoms with van der Waals surface area (Å²) in [5, 5.41) is 27.2. The van der Waals surface area contributed by atoms with Crippen LogP contribution < -0.4 is 29.0 Å². The molecule has 10 rings (SSSR count). The molecule has 1 fully saturated rings. The Hall–Kier alpha value is -5.14. The number of esters is 2. The molecule has 290 valence electrons. The summed E-state index contributed by atoms with van der Waals surface area (Å²) in [5.41, 5.74) is 6.80. The largest absolute Gasteiger partial charge is 0.504 e. The average Bonchev–Trinajstić information content (AvgIpc) is 3.83. The average molecular weight is 780 g/mol. The minimum Gasteiger partial charge on any atom is -0.504 e. The van der Waals surface area contributed by atoms with Crippen LogP contribution in [0.4, 0.5) is 0 Å². The van der Waals surface area contributed by atoms with Gasteiger partial charge in [0.05, 0.1) is 43.3 Å². The van der Waals surface area contributed by atoms with E-state index >= 15 is 4.79 Å². The standard InChI is InChI=1S/C41H41N5O9S/c1-17-11-20-12-25-26(14-42)46-27-15-52-40(49)41(39-22(9-10-43-41)23-13-21(50-5)7-8-24(23)44-39)56-38(32(46)31(45(25)4)28(20)33(48)34(17)51-6)30-29(27)37-36(53-16-54-37)18(2)35(30)55-19(3)47/h7-8,11,13,25-27,31-32,38,43-44,48H,9-10,12,15-16H2,1-6H3/t25-,26-,27-,31+,32+,38+,41-/m0/s1.